The van der Waals surface area contributed by atoms with Crippen LogP contribution in [0.15, 0.2) is 36.5 Å². The fourth-order valence-electron chi connectivity index (χ4n) is 1.93. The highest BCUT2D eigenvalue weighted by Crippen LogP contribution is 2.13. The molecule has 3 N–H and O–H groups in total. The number of nitrogens with one attached hydrogen (secondary N) is 1. The fourth-order valence-corrected chi connectivity index (χ4v) is 1.93. The molecular formula is C15H19ClN4O3. The standard InChI is InChI=1S/C15H18N4O3.ClH/c1-22-15(21)10-19-9-8-13(18-19)17-14(20)7-6-11-4-2-3-5-12(11)16;/h2-5,8-9H,6-7,10,16H2,1H3,(H,17,18,20);1H. The molecule has 1 amide bonds. The second kappa shape index (κ2) is 8.79. The second-order valence-corrected chi connectivity index (χ2v) is 4.72. The molecular weight excluding hydrogens is 320 g/mol. The molecule has 0 saturated heterocycles. The summed E-state index contributed by atoms with van der Waals surface area (Å²) < 4.78 is 5.94. The molecule has 0 aliphatic rings. The van der Waals surface area contributed by atoms with E-state index in [0.29, 0.717) is 24.3 Å². The second-order valence-electron chi connectivity index (χ2n) is 4.72. The lowest BCUT2D eigenvalue weighted by Gasteiger charge is -2.05. The van der Waals surface area contributed by atoms with Gasteiger partial charge in [-0.05, 0) is 18.1 Å². The molecule has 1 heterocycles. The Kier molecular flexibility index (Phi) is 7.08. The number of esters is 1. The maximum atomic E-state index is 11.9. The van der Waals surface area contributed by atoms with Crippen molar-refractivity contribution in [1.29, 1.82) is 0 Å². The van der Waals surface area contributed by atoms with Crippen molar-refractivity contribution in [3.8, 4) is 0 Å². The molecule has 1 aromatic carbocycles. The molecule has 1 aromatic heterocycles. The monoisotopic (exact) mass is 338 g/mol. The first-order chi connectivity index (χ1) is 10.6. The summed E-state index contributed by atoms with van der Waals surface area (Å²) in [6.45, 7) is 0.00686. The van der Waals surface area contributed by atoms with Crippen molar-refractivity contribution in [1.82, 2.24) is 9.78 Å². The van der Waals surface area contributed by atoms with Crippen molar-refractivity contribution in [3.05, 3.63) is 42.1 Å². The van der Waals surface area contributed by atoms with E-state index in [1.165, 1.54) is 11.8 Å². The lowest BCUT2D eigenvalue weighted by molar-refractivity contribution is -0.141. The predicted molar refractivity (Wildman–Crippen MR) is 89.3 cm³/mol. The first-order valence-electron chi connectivity index (χ1n) is 6.82. The van der Waals surface area contributed by atoms with Gasteiger partial charge in [-0.25, -0.2) is 0 Å². The lowest BCUT2D eigenvalue weighted by Crippen LogP contribution is -2.15. The first-order valence-corrected chi connectivity index (χ1v) is 6.82. The van der Waals surface area contributed by atoms with Crippen LogP contribution in [0.3, 0.4) is 0 Å². The maximum absolute atomic E-state index is 11.9. The molecule has 0 atom stereocenters. The van der Waals surface area contributed by atoms with Gasteiger partial charge in [0.2, 0.25) is 5.91 Å². The number of nitrogens with two attached hydrogens (primary N) is 1. The van der Waals surface area contributed by atoms with Gasteiger partial charge in [0.25, 0.3) is 0 Å². The van der Waals surface area contributed by atoms with Gasteiger partial charge >= 0.3 is 5.97 Å². The number of hydrogen-bond acceptors (Lipinski definition) is 5. The van der Waals surface area contributed by atoms with Crippen LogP contribution in [-0.2, 0) is 27.3 Å². The largest absolute Gasteiger partial charge is 0.468 e. The van der Waals surface area contributed by atoms with Gasteiger partial charge in [-0.1, -0.05) is 18.2 Å². The third kappa shape index (κ3) is 5.63. The van der Waals surface area contributed by atoms with E-state index < -0.39 is 5.97 Å². The van der Waals surface area contributed by atoms with E-state index in [9.17, 15) is 9.59 Å². The third-order valence-electron chi connectivity index (χ3n) is 3.10. The van der Waals surface area contributed by atoms with Crippen LogP contribution in [0.2, 0.25) is 0 Å². The molecule has 0 spiro atoms. The summed E-state index contributed by atoms with van der Waals surface area (Å²) in [5.74, 6) is -0.165. The zero-order valence-electron chi connectivity index (χ0n) is 12.7. The molecule has 0 aliphatic carbocycles. The molecule has 0 radical (unpaired) electrons. The van der Waals surface area contributed by atoms with Crippen molar-refractivity contribution in [2.45, 2.75) is 19.4 Å². The van der Waals surface area contributed by atoms with Gasteiger partial charge in [-0.2, -0.15) is 5.10 Å². The van der Waals surface area contributed by atoms with Crippen molar-refractivity contribution >= 4 is 35.8 Å². The number of benzene rings is 1. The van der Waals surface area contributed by atoms with Gasteiger partial charge in [0, 0.05) is 24.4 Å². The summed E-state index contributed by atoms with van der Waals surface area (Å²) in [6, 6.07) is 9.07. The maximum Gasteiger partial charge on any atom is 0.327 e. The number of anilines is 2. The number of ether oxygens (including phenoxy) is 1. The van der Waals surface area contributed by atoms with Crippen LogP contribution in [0.25, 0.3) is 0 Å². The molecule has 0 saturated carbocycles. The Bertz CT molecular complexity index is 672. The van der Waals surface area contributed by atoms with Gasteiger partial charge < -0.3 is 15.8 Å². The van der Waals surface area contributed by atoms with Crippen LogP contribution < -0.4 is 11.1 Å². The van der Waals surface area contributed by atoms with E-state index in [-0.39, 0.29) is 24.9 Å². The number of aryl methyl sites for hydroxylation is 1. The quantitative estimate of drug-likeness (QED) is 0.616. The zero-order chi connectivity index (χ0) is 15.9. The van der Waals surface area contributed by atoms with Gasteiger partial charge in [0.1, 0.15) is 6.54 Å². The number of rotatable bonds is 6. The van der Waals surface area contributed by atoms with Crippen LogP contribution >= 0.6 is 12.4 Å². The number of nitrogens with zero attached hydrogens (tertiary/aromatic N) is 2. The number of halogens is 1. The van der Waals surface area contributed by atoms with Gasteiger partial charge in [0.05, 0.1) is 7.11 Å². The number of carbonyl (C=O) groups excluding carboxylic acids is 2. The SMILES string of the molecule is COC(=O)Cn1ccc(NC(=O)CCc2ccccc2N)n1.Cl. The smallest absolute Gasteiger partial charge is 0.327 e. The Morgan fingerprint density at radius 1 is 1.30 bits per heavy atom. The average molecular weight is 339 g/mol. The summed E-state index contributed by atoms with van der Waals surface area (Å²) in [7, 11) is 1.31. The number of carbonyl (C=O) groups is 2. The molecule has 124 valence electrons. The molecule has 0 fully saturated rings. The molecule has 2 rings (SSSR count). The summed E-state index contributed by atoms with van der Waals surface area (Å²) in [5.41, 5.74) is 7.45. The summed E-state index contributed by atoms with van der Waals surface area (Å²) in [4.78, 5) is 23.0. The molecule has 7 nitrogen and oxygen atoms in total. The van der Waals surface area contributed by atoms with Crippen molar-refractivity contribution in [2.24, 2.45) is 0 Å². The van der Waals surface area contributed by atoms with Gasteiger partial charge in [0.15, 0.2) is 5.82 Å². The highest BCUT2D eigenvalue weighted by Gasteiger charge is 2.08. The molecule has 2 aromatic rings. The van der Waals surface area contributed by atoms with E-state index >= 15 is 0 Å². The van der Waals surface area contributed by atoms with Crippen molar-refractivity contribution in [2.75, 3.05) is 18.2 Å². The normalized spacial score (nSPS) is 9.78. The number of methoxy groups -OCH3 is 1. The average Bonchev–Trinajstić information content (AvgIpc) is 2.93. The van der Waals surface area contributed by atoms with Crippen LogP contribution in [0.5, 0.6) is 0 Å². The third-order valence-corrected chi connectivity index (χ3v) is 3.10. The van der Waals surface area contributed by atoms with Gasteiger partial charge in [-0.3, -0.25) is 14.3 Å². The first kappa shape index (κ1) is 18.5. The Morgan fingerprint density at radius 2 is 2.04 bits per heavy atom. The van der Waals surface area contributed by atoms with E-state index in [4.69, 9.17) is 5.73 Å². The van der Waals surface area contributed by atoms with Crippen molar-refractivity contribution < 1.29 is 14.3 Å². The van der Waals surface area contributed by atoms with Gasteiger partial charge in [-0.15, -0.1) is 12.4 Å². The van der Waals surface area contributed by atoms with Crippen LogP contribution in [0.1, 0.15) is 12.0 Å². The van der Waals surface area contributed by atoms with E-state index in [0.717, 1.165) is 5.56 Å². The van der Waals surface area contributed by atoms with Crippen molar-refractivity contribution in [3.63, 3.8) is 0 Å². The fraction of sp³-hybridized carbons (Fsp3) is 0.267. The molecule has 8 heteroatoms. The minimum Gasteiger partial charge on any atom is -0.468 e. The Balaban J connectivity index is 0.00000264. The molecule has 23 heavy (non-hydrogen) atoms. The highest BCUT2D eigenvalue weighted by molar-refractivity contribution is 5.89. The zero-order valence-corrected chi connectivity index (χ0v) is 13.5. The topological polar surface area (TPSA) is 99.2 Å². The van der Waals surface area contributed by atoms with Crippen LogP contribution in [0.4, 0.5) is 11.5 Å². The molecule has 0 unspecified atom stereocenters. The summed E-state index contributed by atoms with van der Waals surface area (Å²) >= 11 is 0. The summed E-state index contributed by atoms with van der Waals surface area (Å²) in [5, 5.41) is 6.75. The number of nitrogen functional groups attached to an aromatic ring is 1. The van der Waals surface area contributed by atoms with Crippen LogP contribution in [0, 0.1) is 0 Å². The number of aromatic nitrogens is 2. The van der Waals surface area contributed by atoms with E-state index in [2.05, 4.69) is 15.2 Å². The summed E-state index contributed by atoms with van der Waals surface area (Å²) in [6.07, 6.45) is 2.46. The van der Waals surface area contributed by atoms with E-state index in [1.54, 1.807) is 12.3 Å². The molecule has 0 aliphatic heterocycles. The minimum absolute atomic E-state index is 0. The van der Waals surface area contributed by atoms with E-state index in [1.807, 2.05) is 24.3 Å². The predicted octanol–water partition coefficient (Wildman–Crippen LogP) is 1.63. The Labute approximate surface area is 140 Å². The number of amides is 1. The van der Waals surface area contributed by atoms with Crippen LogP contribution in [-0.4, -0.2) is 28.8 Å². The number of para-hydroxylation sites is 1. The molecule has 0 bridgehead atoms. The Morgan fingerprint density at radius 3 is 2.74 bits per heavy atom. The Hall–Kier alpha value is -2.54. The minimum atomic E-state index is -0.402. The number of hydrogen-bond donors (Lipinski definition) is 2. The highest BCUT2D eigenvalue weighted by atomic mass is 35.5. The lowest BCUT2D eigenvalue weighted by atomic mass is 10.1.